The molecular weight excluding hydrogens is 480 g/mol. The monoisotopic (exact) mass is 512 g/mol. The molecule has 8 heteroatoms. The molecular formula is C29H32N6OS. The molecule has 0 aliphatic carbocycles. The number of nitrogens with one attached hydrogen (secondary N) is 1. The van der Waals surface area contributed by atoms with Crippen LogP contribution >= 0.6 is 11.3 Å². The lowest BCUT2D eigenvalue weighted by molar-refractivity contribution is 0.182. The minimum atomic E-state index is -0.461. The van der Waals surface area contributed by atoms with Crippen molar-refractivity contribution in [2.24, 2.45) is 0 Å². The van der Waals surface area contributed by atoms with E-state index in [1.807, 2.05) is 54.1 Å². The van der Waals surface area contributed by atoms with Crippen LogP contribution in [0.1, 0.15) is 60.6 Å². The van der Waals surface area contributed by atoms with Crippen molar-refractivity contribution in [3.05, 3.63) is 110 Å². The summed E-state index contributed by atoms with van der Waals surface area (Å²) in [6.07, 6.45) is 0.842. The van der Waals surface area contributed by atoms with Crippen LogP contribution in [0.15, 0.2) is 76.9 Å². The molecule has 0 bridgehead atoms. The third-order valence-electron chi connectivity index (χ3n) is 7.12. The SMILES string of the molecule is CCC(C)(C)n1nnnc1[C@@H](c1cc2cccc(C)c2[nH]c1=O)N(Cc1ccccc1)Cc1cccs1. The Bertz CT molecular complexity index is 1540. The van der Waals surface area contributed by atoms with Crippen molar-refractivity contribution < 1.29 is 0 Å². The first kappa shape index (κ1) is 25.0. The third kappa shape index (κ3) is 5.12. The number of tetrazole rings is 1. The van der Waals surface area contributed by atoms with E-state index in [1.54, 1.807) is 11.3 Å². The van der Waals surface area contributed by atoms with E-state index in [-0.39, 0.29) is 11.1 Å². The van der Waals surface area contributed by atoms with Gasteiger partial charge in [0.25, 0.3) is 5.56 Å². The lowest BCUT2D eigenvalue weighted by atomic mass is 9.98. The average molecular weight is 513 g/mol. The van der Waals surface area contributed by atoms with Gasteiger partial charge in [0, 0.05) is 23.5 Å². The Morgan fingerprint density at radius 3 is 2.59 bits per heavy atom. The first-order valence-electron chi connectivity index (χ1n) is 12.6. The van der Waals surface area contributed by atoms with Crippen molar-refractivity contribution >= 4 is 22.2 Å². The van der Waals surface area contributed by atoms with Crippen LogP contribution in [0.4, 0.5) is 0 Å². The number of aromatic nitrogens is 5. The molecule has 0 aliphatic rings. The molecule has 5 aromatic rings. The van der Waals surface area contributed by atoms with Crippen molar-refractivity contribution in [2.45, 2.75) is 58.8 Å². The number of rotatable bonds is 9. The summed E-state index contributed by atoms with van der Waals surface area (Å²) in [6, 6.07) is 22.2. The first-order valence-corrected chi connectivity index (χ1v) is 13.5. The van der Waals surface area contributed by atoms with Gasteiger partial charge in [-0.25, -0.2) is 4.68 Å². The minimum Gasteiger partial charge on any atom is -0.321 e. The number of hydrogen-bond acceptors (Lipinski definition) is 6. The number of pyridine rings is 1. The molecule has 3 aromatic heterocycles. The number of hydrogen-bond donors (Lipinski definition) is 1. The number of H-pyrrole nitrogens is 1. The summed E-state index contributed by atoms with van der Waals surface area (Å²) in [5.41, 5.74) is 3.24. The van der Waals surface area contributed by atoms with Crippen molar-refractivity contribution in [1.82, 2.24) is 30.1 Å². The Hall–Kier alpha value is -3.62. The van der Waals surface area contributed by atoms with Crippen molar-refractivity contribution in [3.63, 3.8) is 0 Å². The molecule has 0 unspecified atom stereocenters. The van der Waals surface area contributed by atoms with Crippen molar-refractivity contribution in [1.29, 1.82) is 0 Å². The zero-order valence-corrected chi connectivity index (χ0v) is 22.5. The van der Waals surface area contributed by atoms with Gasteiger partial charge < -0.3 is 4.98 Å². The van der Waals surface area contributed by atoms with Gasteiger partial charge in [0.1, 0.15) is 6.04 Å². The van der Waals surface area contributed by atoms with Crippen LogP contribution in [0.2, 0.25) is 0 Å². The molecule has 5 rings (SSSR count). The summed E-state index contributed by atoms with van der Waals surface area (Å²) in [7, 11) is 0. The van der Waals surface area contributed by atoms with Crippen LogP contribution in [0.25, 0.3) is 10.9 Å². The maximum Gasteiger partial charge on any atom is 0.253 e. The zero-order chi connectivity index (χ0) is 26.0. The quantitative estimate of drug-likeness (QED) is 0.269. The molecule has 1 N–H and O–H groups in total. The average Bonchev–Trinajstić information content (AvgIpc) is 3.59. The fraction of sp³-hybridized carbons (Fsp3) is 0.310. The lowest BCUT2D eigenvalue weighted by Crippen LogP contribution is -2.37. The molecule has 0 amide bonds. The Balaban J connectivity index is 1.74. The number of aromatic amines is 1. The van der Waals surface area contributed by atoms with E-state index in [0.717, 1.165) is 28.5 Å². The summed E-state index contributed by atoms with van der Waals surface area (Å²) < 4.78 is 1.89. The lowest BCUT2D eigenvalue weighted by Gasteiger charge is -2.33. The number of aryl methyl sites for hydroxylation is 1. The molecule has 0 spiro atoms. The molecule has 0 saturated heterocycles. The molecule has 0 radical (unpaired) electrons. The highest BCUT2D eigenvalue weighted by molar-refractivity contribution is 7.09. The number of benzene rings is 2. The summed E-state index contributed by atoms with van der Waals surface area (Å²) in [5, 5.41) is 16.1. The molecule has 1 atom stereocenters. The van der Waals surface area contributed by atoms with Crippen LogP contribution in [0, 0.1) is 6.92 Å². The van der Waals surface area contributed by atoms with Gasteiger partial charge >= 0.3 is 0 Å². The molecule has 190 valence electrons. The van der Waals surface area contributed by atoms with Crippen LogP contribution < -0.4 is 5.56 Å². The molecule has 0 saturated carbocycles. The van der Waals surface area contributed by atoms with E-state index < -0.39 is 6.04 Å². The third-order valence-corrected chi connectivity index (χ3v) is 7.98. The van der Waals surface area contributed by atoms with Gasteiger partial charge in [0.2, 0.25) is 0 Å². The van der Waals surface area contributed by atoms with Crippen LogP contribution in [0.5, 0.6) is 0 Å². The van der Waals surface area contributed by atoms with E-state index in [1.165, 1.54) is 4.88 Å². The topological polar surface area (TPSA) is 79.7 Å². The largest absolute Gasteiger partial charge is 0.321 e. The molecule has 37 heavy (non-hydrogen) atoms. The smallest absolute Gasteiger partial charge is 0.253 e. The van der Waals surface area contributed by atoms with E-state index in [4.69, 9.17) is 0 Å². The fourth-order valence-electron chi connectivity index (χ4n) is 4.71. The van der Waals surface area contributed by atoms with Gasteiger partial charge in [-0.1, -0.05) is 61.5 Å². The van der Waals surface area contributed by atoms with E-state index in [9.17, 15) is 4.79 Å². The van der Waals surface area contributed by atoms with Gasteiger partial charge in [0.05, 0.1) is 11.1 Å². The summed E-state index contributed by atoms with van der Waals surface area (Å²) in [5.74, 6) is 0.664. The van der Waals surface area contributed by atoms with Gasteiger partial charge in [0.15, 0.2) is 5.82 Å². The molecule has 7 nitrogen and oxygen atoms in total. The van der Waals surface area contributed by atoms with Crippen LogP contribution in [0.3, 0.4) is 0 Å². The Morgan fingerprint density at radius 2 is 1.86 bits per heavy atom. The summed E-state index contributed by atoms with van der Waals surface area (Å²) in [6.45, 7) is 9.67. The van der Waals surface area contributed by atoms with Gasteiger partial charge in [-0.2, -0.15) is 0 Å². The van der Waals surface area contributed by atoms with Crippen molar-refractivity contribution in [3.8, 4) is 0 Å². The first-order chi connectivity index (χ1) is 17.9. The van der Waals surface area contributed by atoms with Gasteiger partial charge in [-0.15, -0.1) is 16.4 Å². The zero-order valence-electron chi connectivity index (χ0n) is 21.7. The normalized spacial score (nSPS) is 12.9. The maximum absolute atomic E-state index is 13.8. The molecule has 0 aliphatic heterocycles. The molecule has 2 aromatic carbocycles. The fourth-order valence-corrected chi connectivity index (χ4v) is 5.44. The maximum atomic E-state index is 13.8. The highest BCUT2D eigenvalue weighted by Gasteiger charge is 2.34. The van der Waals surface area contributed by atoms with Crippen molar-refractivity contribution in [2.75, 3.05) is 0 Å². The second-order valence-electron chi connectivity index (χ2n) is 10.1. The van der Waals surface area contributed by atoms with Gasteiger partial charge in [-0.3, -0.25) is 9.69 Å². The Labute approximate surface area is 220 Å². The predicted molar refractivity (Wildman–Crippen MR) is 149 cm³/mol. The van der Waals surface area contributed by atoms with Gasteiger partial charge in [-0.05, 0) is 71.6 Å². The van der Waals surface area contributed by atoms with E-state index in [2.05, 4.69) is 75.8 Å². The number of para-hydroxylation sites is 1. The van der Waals surface area contributed by atoms with Crippen LogP contribution in [-0.4, -0.2) is 30.1 Å². The summed E-state index contributed by atoms with van der Waals surface area (Å²) >= 11 is 1.71. The standard InChI is InChI=1S/C29H32N6OS/c1-5-29(3,4)35-27(31-32-33-35)26(24-17-22-14-9-11-20(2)25(22)30-28(24)36)34(19-23-15-10-16-37-23)18-21-12-7-6-8-13-21/h6-17,26H,5,18-19H2,1-4H3,(H,30,36)/t26-/m1/s1. The Kier molecular flexibility index (Phi) is 7.04. The van der Waals surface area contributed by atoms with Crippen LogP contribution in [-0.2, 0) is 18.6 Å². The second-order valence-corrected chi connectivity index (χ2v) is 11.1. The molecule has 3 heterocycles. The highest BCUT2D eigenvalue weighted by atomic mass is 32.1. The number of fused-ring (bicyclic) bond motifs is 1. The minimum absolute atomic E-state index is 0.125. The number of nitrogens with zero attached hydrogens (tertiary/aromatic N) is 5. The molecule has 0 fully saturated rings. The summed E-state index contributed by atoms with van der Waals surface area (Å²) in [4.78, 5) is 20.4. The van der Waals surface area contributed by atoms with E-state index in [0.29, 0.717) is 24.5 Å². The predicted octanol–water partition coefficient (Wildman–Crippen LogP) is 5.82. The highest BCUT2D eigenvalue weighted by Crippen LogP contribution is 2.33. The van der Waals surface area contributed by atoms with E-state index >= 15 is 0 Å². The number of thiophene rings is 1. The Morgan fingerprint density at radius 1 is 1.05 bits per heavy atom. The second kappa shape index (κ2) is 10.4.